The summed E-state index contributed by atoms with van der Waals surface area (Å²) in [5.41, 5.74) is 6.41. The van der Waals surface area contributed by atoms with Crippen LogP contribution in [0.1, 0.15) is 44.2 Å². The molecule has 1 aromatic carbocycles. The number of pyridine rings is 1. The number of benzene rings is 1. The largest absolute Gasteiger partial charge is 0.236 e. The van der Waals surface area contributed by atoms with Gasteiger partial charge in [0.15, 0.2) is 0 Å². The number of rotatable bonds is 5. The number of aromatic nitrogens is 3. The van der Waals surface area contributed by atoms with E-state index in [-0.39, 0.29) is 0 Å². The zero-order chi connectivity index (χ0) is 19.8. The monoisotopic (exact) mass is 419 g/mol. The van der Waals surface area contributed by atoms with Crippen LogP contribution in [0, 0.1) is 5.92 Å². The quantitative estimate of drug-likeness (QED) is 0.260. The van der Waals surface area contributed by atoms with E-state index in [1.165, 1.54) is 51.7 Å². The lowest BCUT2D eigenvalue weighted by Gasteiger charge is -2.20. The fraction of sp³-hybridized carbons (Fsp3) is 0.375. The standard InChI is InChI=1S/C24H25N3S2/c1-15(2)12-13-28-24-22-21(25-14-26-24)19-17-10-6-7-11-18(17)20(27-23(19)29-22)16-8-4-3-5-9-16/h3-5,8-9,14-15H,6-7,10-13H2,1-2H3. The van der Waals surface area contributed by atoms with Crippen molar-refractivity contribution in [2.45, 2.75) is 51.0 Å². The Bertz CT molecular complexity index is 1170. The first-order valence-corrected chi connectivity index (χ1v) is 12.3. The van der Waals surface area contributed by atoms with Gasteiger partial charge in [0.1, 0.15) is 16.2 Å². The molecule has 0 fully saturated rings. The van der Waals surface area contributed by atoms with E-state index in [1.807, 2.05) is 11.8 Å². The highest BCUT2D eigenvalue weighted by Crippen LogP contribution is 2.43. The average molecular weight is 420 g/mol. The molecule has 0 N–H and O–H groups in total. The van der Waals surface area contributed by atoms with Crippen LogP contribution in [0.4, 0.5) is 0 Å². The van der Waals surface area contributed by atoms with E-state index in [0.29, 0.717) is 5.92 Å². The molecular formula is C24H25N3S2. The molecule has 0 amide bonds. The van der Waals surface area contributed by atoms with Gasteiger partial charge in [-0.25, -0.2) is 15.0 Å². The van der Waals surface area contributed by atoms with E-state index in [1.54, 1.807) is 17.7 Å². The summed E-state index contributed by atoms with van der Waals surface area (Å²) in [5.74, 6) is 1.81. The third-order valence-electron chi connectivity index (χ3n) is 5.67. The van der Waals surface area contributed by atoms with Gasteiger partial charge in [0.05, 0.1) is 15.9 Å². The van der Waals surface area contributed by atoms with Crippen LogP contribution in [0.2, 0.25) is 0 Å². The molecule has 0 unspecified atom stereocenters. The summed E-state index contributed by atoms with van der Waals surface area (Å²) in [6.45, 7) is 4.55. The van der Waals surface area contributed by atoms with E-state index in [0.717, 1.165) is 34.0 Å². The lowest BCUT2D eigenvalue weighted by Crippen LogP contribution is -2.07. The lowest BCUT2D eigenvalue weighted by molar-refractivity contribution is 0.632. The van der Waals surface area contributed by atoms with Crippen LogP contribution in [-0.2, 0) is 12.8 Å². The van der Waals surface area contributed by atoms with Crippen molar-refractivity contribution >= 4 is 43.5 Å². The van der Waals surface area contributed by atoms with Crippen LogP contribution in [0.25, 0.3) is 31.7 Å². The molecule has 4 aromatic rings. The Hall–Kier alpha value is -1.98. The molecule has 5 heteroatoms. The first-order valence-electron chi connectivity index (χ1n) is 10.5. The SMILES string of the molecule is CC(C)CCSc1ncnc2c1sc1nc(-c3ccccc3)c3c(c12)CCCC3. The summed E-state index contributed by atoms with van der Waals surface area (Å²) in [4.78, 5) is 15.7. The Morgan fingerprint density at radius 1 is 1.03 bits per heavy atom. The number of hydrogen-bond donors (Lipinski definition) is 0. The summed E-state index contributed by atoms with van der Waals surface area (Å²) >= 11 is 3.63. The second-order valence-electron chi connectivity index (χ2n) is 8.16. The van der Waals surface area contributed by atoms with Crippen molar-refractivity contribution in [1.82, 2.24) is 15.0 Å². The first kappa shape index (κ1) is 19.0. The van der Waals surface area contributed by atoms with Gasteiger partial charge in [0.25, 0.3) is 0 Å². The number of thiophene rings is 1. The van der Waals surface area contributed by atoms with E-state index < -0.39 is 0 Å². The molecule has 148 valence electrons. The van der Waals surface area contributed by atoms with Gasteiger partial charge in [0.2, 0.25) is 0 Å². The van der Waals surface area contributed by atoms with Gasteiger partial charge < -0.3 is 0 Å². The minimum Gasteiger partial charge on any atom is -0.236 e. The van der Waals surface area contributed by atoms with Crippen molar-refractivity contribution in [3.63, 3.8) is 0 Å². The minimum atomic E-state index is 0.712. The zero-order valence-corrected chi connectivity index (χ0v) is 18.6. The molecule has 0 radical (unpaired) electrons. The molecule has 29 heavy (non-hydrogen) atoms. The summed E-state index contributed by atoms with van der Waals surface area (Å²) in [6.07, 6.45) is 7.67. The minimum absolute atomic E-state index is 0.712. The van der Waals surface area contributed by atoms with Gasteiger partial charge in [-0.1, -0.05) is 44.2 Å². The van der Waals surface area contributed by atoms with E-state index >= 15 is 0 Å². The second kappa shape index (κ2) is 8.04. The Labute approximate surface area is 180 Å². The average Bonchev–Trinajstić information content (AvgIpc) is 3.13. The number of nitrogens with zero attached hydrogens (tertiary/aromatic N) is 3. The third kappa shape index (κ3) is 3.55. The molecule has 1 aliphatic carbocycles. The van der Waals surface area contributed by atoms with Crippen LogP contribution in [0.3, 0.4) is 0 Å². The fourth-order valence-corrected chi connectivity index (χ4v) is 6.65. The third-order valence-corrected chi connectivity index (χ3v) is 7.90. The predicted octanol–water partition coefficient (Wildman–Crippen LogP) is 6.92. The molecule has 3 nitrogen and oxygen atoms in total. The molecule has 0 saturated carbocycles. The van der Waals surface area contributed by atoms with Crippen LogP contribution in [-0.4, -0.2) is 20.7 Å². The summed E-state index contributed by atoms with van der Waals surface area (Å²) in [6, 6.07) is 10.7. The molecular weight excluding hydrogens is 394 g/mol. The summed E-state index contributed by atoms with van der Waals surface area (Å²) in [5, 5.41) is 2.40. The smallest absolute Gasteiger partial charge is 0.127 e. The Kier molecular flexibility index (Phi) is 5.27. The number of fused-ring (bicyclic) bond motifs is 5. The number of aryl methyl sites for hydroxylation is 1. The van der Waals surface area contributed by atoms with Crippen LogP contribution < -0.4 is 0 Å². The second-order valence-corrected chi connectivity index (χ2v) is 10.2. The van der Waals surface area contributed by atoms with Gasteiger partial charge in [-0.3, -0.25) is 0 Å². The van der Waals surface area contributed by atoms with Gasteiger partial charge in [0, 0.05) is 10.9 Å². The first-order chi connectivity index (χ1) is 14.2. The van der Waals surface area contributed by atoms with Gasteiger partial charge >= 0.3 is 0 Å². The van der Waals surface area contributed by atoms with Gasteiger partial charge in [-0.15, -0.1) is 23.1 Å². The maximum Gasteiger partial charge on any atom is 0.127 e. The molecule has 0 bridgehead atoms. The predicted molar refractivity (Wildman–Crippen MR) is 125 cm³/mol. The lowest BCUT2D eigenvalue weighted by atomic mass is 9.87. The van der Waals surface area contributed by atoms with Crippen molar-refractivity contribution in [1.29, 1.82) is 0 Å². The molecule has 3 aromatic heterocycles. The number of thioether (sulfide) groups is 1. The highest BCUT2D eigenvalue weighted by Gasteiger charge is 2.23. The van der Waals surface area contributed by atoms with E-state index in [4.69, 9.17) is 9.97 Å². The molecule has 1 aliphatic rings. The van der Waals surface area contributed by atoms with Crippen molar-refractivity contribution in [2.75, 3.05) is 5.75 Å². The summed E-state index contributed by atoms with van der Waals surface area (Å²) < 4.78 is 1.21. The van der Waals surface area contributed by atoms with Crippen LogP contribution >= 0.6 is 23.1 Å². The van der Waals surface area contributed by atoms with Crippen LogP contribution in [0.5, 0.6) is 0 Å². The van der Waals surface area contributed by atoms with E-state index in [9.17, 15) is 0 Å². The fourth-order valence-electron chi connectivity index (χ4n) is 4.17. The van der Waals surface area contributed by atoms with Crippen molar-refractivity contribution in [3.05, 3.63) is 47.8 Å². The van der Waals surface area contributed by atoms with Crippen molar-refractivity contribution in [3.8, 4) is 11.3 Å². The highest BCUT2D eigenvalue weighted by atomic mass is 32.2. The highest BCUT2D eigenvalue weighted by molar-refractivity contribution is 7.99. The maximum absolute atomic E-state index is 5.19. The summed E-state index contributed by atoms with van der Waals surface area (Å²) in [7, 11) is 0. The van der Waals surface area contributed by atoms with Crippen LogP contribution in [0.15, 0.2) is 41.7 Å². The number of hydrogen-bond acceptors (Lipinski definition) is 5. The Morgan fingerprint density at radius 2 is 1.83 bits per heavy atom. The molecule has 0 saturated heterocycles. The van der Waals surface area contributed by atoms with Crippen molar-refractivity contribution < 1.29 is 0 Å². The molecule has 0 spiro atoms. The Morgan fingerprint density at radius 3 is 2.62 bits per heavy atom. The topological polar surface area (TPSA) is 38.7 Å². The zero-order valence-electron chi connectivity index (χ0n) is 16.9. The van der Waals surface area contributed by atoms with E-state index in [2.05, 4.69) is 49.2 Å². The molecule has 3 heterocycles. The maximum atomic E-state index is 5.19. The van der Waals surface area contributed by atoms with Crippen molar-refractivity contribution in [2.24, 2.45) is 5.92 Å². The molecule has 0 aliphatic heterocycles. The molecule has 5 rings (SSSR count). The van der Waals surface area contributed by atoms with Gasteiger partial charge in [-0.05, 0) is 54.9 Å². The normalized spacial score (nSPS) is 14.0. The Balaban J connectivity index is 1.70. The molecule has 0 atom stereocenters. The van der Waals surface area contributed by atoms with Gasteiger partial charge in [-0.2, -0.15) is 0 Å².